The number of aromatic amines is 2. The molecule has 14 heavy (non-hydrogen) atoms. The van der Waals surface area contributed by atoms with E-state index in [2.05, 4.69) is 20.2 Å². The summed E-state index contributed by atoms with van der Waals surface area (Å²) < 4.78 is 1.69. The van der Waals surface area contributed by atoms with Crippen LogP contribution in [-0.2, 0) is 0 Å². The number of nitrogens with zero attached hydrogens (tertiary/aromatic N) is 3. The van der Waals surface area contributed by atoms with Crippen LogP contribution in [0.3, 0.4) is 0 Å². The van der Waals surface area contributed by atoms with E-state index in [9.17, 15) is 4.79 Å². The number of rotatable bonds is 2. The minimum Gasteiger partial charge on any atom is -0.342 e. The zero-order valence-corrected chi connectivity index (χ0v) is 7.40. The minimum atomic E-state index is -0.142. The van der Waals surface area contributed by atoms with E-state index in [0.717, 1.165) is 18.5 Å². The molecule has 0 unspecified atom stereocenters. The predicted octanol–water partition coefficient (Wildman–Crippen LogP) is 0.296. The maximum atomic E-state index is 11.4. The van der Waals surface area contributed by atoms with Gasteiger partial charge in [0, 0.05) is 6.04 Å². The van der Waals surface area contributed by atoms with Crippen molar-refractivity contribution in [1.29, 1.82) is 0 Å². The van der Waals surface area contributed by atoms with Crippen molar-refractivity contribution < 1.29 is 0 Å². The van der Waals surface area contributed by atoms with E-state index in [1.165, 1.54) is 0 Å². The van der Waals surface area contributed by atoms with Gasteiger partial charge in [0.25, 0.3) is 0 Å². The predicted molar refractivity (Wildman–Crippen MR) is 48.7 cm³/mol. The van der Waals surface area contributed by atoms with Crippen LogP contribution in [0.25, 0.3) is 11.5 Å². The van der Waals surface area contributed by atoms with Crippen LogP contribution in [0.15, 0.2) is 17.3 Å². The lowest BCUT2D eigenvalue weighted by molar-refractivity contribution is 0.715. The van der Waals surface area contributed by atoms with Crippen molar-refractivity contribution in [2.24, 2.45) is 0 Å². The van der Waals surface area contributed by atoms with E-state index in [0.29, 0.717) is 11.9 Å². The number of aromatic nitrogens is 5. The molecule has 0 aromatic carbocycles. The van der Waals surface area contributed by atoms with Crippen molar-refractivity contribution in [3.8, 4) is 11.5 Å². The number of hydrogen-bond acceptors (Lipinski definition) is 3. The molecular weight excluding hydrogens is 182 g/mol. The lowest BCUT2D eigenvalue weighted by atomic mass is 10.4. The van der Waals surface area contributed by atoms with Gasteiger partial charge in [0.1, 0.15) is 5.69 Å². The molecule has 1 fully saturated rings. The third kappa shape index (κ3) is 1.00. The average molecular weight is 191 g/mol. The summed E-state index contributed by atoms with van der Waals surface area (Å²) in [6, 6.07) is 0.319. The van der Waals surface area contributed by atoms with E-state index in [1.54, 1.807) is 17.1 Å². The van der Waals surface area contributed by atoms with E-state index < -0.39 is 0 Å². The van der Waals surface area contributed by atoms with E-state index >= 15 is 0 Å². The molecule has 3 rings (SSSR count). The van der Waals surface area contributed by atoms with Gasteiger partial charge in [-0.15, -0.1) is 0 Å². The Labute approximate surface area is 79.0 Å². The fourth-order valence-electron chi connectivity index (χ4n) is 1.54. The van der Waals surface area contributed by atoms with Crippen molar-refractivity contribution >= 4 is 0 Å². The Morgan fingerprint density at radius 2 is 2.36 bits per heavy atom. The highest BCUT2D eigenvalue weighted by atomic mass is 16.1. The number of hydrogen-bond donors (Lipinski definition) is 2. The normalized spacial score (nSPS) is 16.0. The van der Waals surface area contributed by atoms with Crippen LogP contribution in [-0.4, -0.2) is 24.7 Å². The molecule has 72 valence electrons. The summed E-state index contributed by atoms with van der Waals surface area (Å²) in [4.78, 5) is 18.3. The van der Waals surface area contributed by atoms with Crippen LogP contribution in [0.1, 0.15) is 18.9 Å². The van der Waals surface area contributed by atoms with Gasteiger partial charge >= 0.3 is 5.69 Å². The third-order valence-electron chi connectivity index (χ3n) is 2.36. The first-order valence-electron chi connectivity index (χ1n) is 4.52. The van der Waals surface area contributed by atoms with Crippen molar-refractivity contribution in [1.82, 2.24) is 24.7 Å². The van der Waals surface area contributed by atoms with Gasteiger partial charge in [-0.25, -0.2) is 14.9 Å². The van der Waals surface area contributed by atoms with Crippen molar-refractivity contribution in [2.75, 3.05) is 0 Å². The Morgan fingerprint density at radius 3 is 3.00 bits per heavy atom. The standard InChI is InChI=1S/C8H9N5O/c14-8-12-11-7(6-3-9-4-10-6)13(8)5-1-2-5/h3-5H,1-2H2,(H,9,10)(H,12,14). The lowest BCUT2D eigenvalue weighted by Gasteiger charge is -1.99. The smallest absolute Gasteiger partial charge is 0.342 e. The van der Waals surface area contributed by atoms with Crippen molar-refractivity contribution in [2.45, 2.75) is 18.9 Å². The van der Waals surface area contributed by atoms with Gasteiger partial charge in [-0.1, -0.05) is 0 Å². The first-order valence-corrected chi connectivity index (χ1v) is 4.52. The monoisotopic (exact) mass is 191 g/mol. The Bertz CT molecular complexity index is 490. The maximum Gasteiger partial charge on any atom is 0.343 e. The topological polar surface area (TPSA) is 79.4 Å². The highest BCUT2D eigenvalue weighted by molar-refractivity contribution is 5.47. The average Bonchev–Trinajstić information content (AvgIpc) is 2.75. The lowest BCUT2D eigenvalue weighted by Crippen LogP contribution is -2.16. The van der Waals surface area contributed by atoms with Crippen LogP contribution in [0.2, 0.25) is 0 Å². The molecule has 0 amide bonds. The minimum absolute atomic E-state index is 0.142. The van der Waals surface area contributed by atoms with Crippen LogP contribution in [0.5, 0.6) is 0 Å². The highest BCUT2D eigenvalue weighted by Crippen LogP contribution is 2.35. The van der Waals surface area contributed by atoms with Gasteiger partial charge in [-0.3, -0.25) is 4.57 Å². The SMILES string of the molecule is O=c1[nH]nc(-c2cnc[nH]2)n1C1CC1. The molecule has 2 aromatic rings. The molecule has 2 aromatic heterocycles. The molecule has 0 saturated heterocycles. The van der Waals surface area contributed by atoms with Crippen LogP contribution in [0.4, 0.5) is 0 Å². The zero-order chi connectivity index (χ0) is 9.54. The van der Waals surface area contributed by atoms with Crippen molar-refractivity contribution in [3.05, 3.63) is 23.0 Å². The molecule has 6 heteroatoms. The van der Waals surface area contributed by atoms with E-state index in [4.69, 9.17) is 0 Å². The van der Waals surface area contributed by atoms with Gasteiger partial charge in [0.15, 0.2) is 5.82 Å². The Hall–Kier alpha value is -1.85. The number of imidazole rings is 1. The molecule has 0 bridgehead atoms. The first kappa shape index (κ1) is 7.54. The molecule has 1 saturated carbocycles. The number of nitrogens with one attached hydrogen (secondary N) is 2. The van der Waals surface area contributed by atoms with Gasteiger partial charge < -0.3 is 4.98 Å². The Kier molecular flexibility index (Phi) is 1.38. The first-order chi connectivity index (χ1) is 6.86. The third-order valence-corrected chi connectivity index (χ3v) is 2.36. The van der Waals surface area contributed by atoms with E-state index in [-0.39, 0.29) is 5.69 Å². The second-order valence-corrected chi connectivity index (χ2v) is 3.42. The molecule has 0 aliphatic heterocycles. The van der Waals surface area contributed by atoms with Gasteiger partial charge in [0.05, 0.1) is 12.5 Å². The van der Waals surface area contributed by atoms with E-state index in [1.807, 2.05) is 0 Å². The molecule has 0 atom stereocenters. The molecule has 0 radical (unpaired) electrons. The van der Waals surface area contributed by atoms with Crippen LogP contribution >= 0.6 is 0 Å². The summed E-state index contributed by atoms with van der Waals surface area (Å²) in [5, 5.41) is 6.43. The van der Waals surface area contributed by atoms with Gasteiger partial charge in [-0.2, -0.15) is 5.10 Å². The summed E-state index contributed by atoms with van der Waals surface area (Å²) in [6.45, 7) is 0. The second-order valence-electron chi connectivity index (χ2n) is 3.42. The summed E-state index contributed by atoms with van der Waals surface area (Å²) in [7, 11) is 0. The summed E-state index contributed by atoms with van der Waals surface area (Å²) in [5.74, 6) is 0.648. The summed E-state index contributed by atoms with van der Waals surface area (Å²) in [6.07, 6.45) is 5.35. The summed E-state index contributed by atoms with van der Waals surface area (Å²) in [5.41, 5.74) is 0.632. The molecular formula is C8H9N5O. The molecule has 1 aliphatic rings. The van der Waals surface area contributed by atoms with Crippen LogP contribution < -0.4 is 5.69 Å². The van der Waals surface area contributed by atoms with Gasteiger partial charge in [0.2, 0.25) is 0 Å². The fraction of sp³-hybridized carbons (Fsp3) is 0.375. The molecule has 0 spiro atoms. The fourth-order valence-corrected chi connectivity index (χ4v) is 1.54. The molecule has 1 aliphatic carbocycles. The molecule has 6 nitrogen and oxygen atoms in total. The van der Waals surface area contributed by atoms with Crippen LogP contribution in [0, 0.1) is 0 Å². The second kappa shape index (κ2) is 2.57. The molecule has 2 heterocycles. The zero-order valence-electron chi connectivity index (χ0n) is 7.40. The highest BCUT2D eigenvalue weighted by Gasteiger charge is 2.29. The van der Waals surface area contributed by atoms with Gasteiger partial charge in [-0.05, 0) is 12.8 Å². The Morgan fingerprint density at radius 1 is 1.50 bits per heavy atom. The maximum absolute atomic E-state index is 11.4. The molecule has 2 N–H and O–H groups in total. The summed E-state index contributed by atoms with van der Waals surface area (Å²) >= 11 is 0. The van der Waals surface area contributed by atoms with Crippen molar-refractivity contribution in [3.63, 3.8) is 0 Å². The quantitative estimate of drug-likeness (QED) is 0.716. The number of H-pyrrole nitrogens is 2. The Balaban J connectivity index is 2.18. The largest absolute Gasteiger partial charge is 0.343 e.